The van der Waals surface area contributed by atoms with Crippen LogP contribution in [0.25, 0.3) is 10.2 Å². The molecule has 1 aromatic carbocycles. The van der Waals surface area contributed by atoms with Gasteiger partial charge in [0.05, 0.1) is 22.2 Å². The SMILES string of the molecule is O=C1CC(C(=O)N2[C@@H]3CCC[C@H]2CC(O)C3)CN1c1nc2ccccc2s1. The summed E-state index contributed by atoms with van der Waals surface area (Å²) in [5.41, 5.74) is 0.889. The lowest BCUT2D eigenvalue weighted by atomic mass is 9.82. The number of carbonyl (C=O) groups is 2. The van der Waals surface area contributed by atoms with E-state index in [0.717, 1.165) is 29.5 Å². The van der Waals surface area contributed by atoms with E-state index >= 15 is 0 Å². The van der Waals surface area contributed by atoms with Crippen molar-refractivity contribution < 1.29 is 14.7 Å². The normalized spacial score (nSPS) is 30.9. The van der Waals surface area contributed by atoms with Gasteiger partial charge in [-0.25, -0.2) is 4.98 Å². The van der Waals surface area contributed by atoms with Crippen LogP contribution in [0.5, 0.6) is 0 Å². The summed E-state index contributed by atoms with van der Waals surface area (Å²) in [7, 11) is 0. The van der Waals surface area contributed by atoms with E-state index in [9.17, 15) is 14.7 Å². The first-order valence-electron chi connectivity index (χ1n) is 9.76. The van der Waals surface area contributed by atoms with E-state index in [1.165, 1.54) is 11.3 Å². The van der Waals surface area contributed by atoms with E-state index in [-0.39, 0.29) is 42.3 Å². The van der Waals surface area contributed by atoms with Crippen LogP contribution in [0.15, 0.2) is 24.3 Å². The molecule has 0 saturated carbocycles. The van der Waals surface area contributed by atoms with Crippen molar-refractivity contribution in [1.29, 1.82) is 0 Å². The zero-order chi connectivity index (χ0) is 18.5. The van der Waals surface area contributed by atoms with Crippen molar-refractivity contribution in [1.82, 2.24) is 9.88 Å². The molecule has 142 valence electrons. The Hall–Kier alpha value is -1.99. The van der Waals surface area contributed by atoms with E-state index in [2.05, 4.69) is 4.98 Å². The Morgan fingerprint density at radius 3 is 2.67 bits per heavy atom. The first-order valence-corrected chi connectivity index (χ1v) is 10.6. The highest BCUT2D eigenvalue weighted by atomic mass is 32.1. The number of carbonyl (C=O) groups excluding carboxylic acids is 2. The molecule has 6 nitrogen and oxygen atoms in total. The second-order valence-electron chi connectivity index (χ2n) is 7.98. The molecule has 2 amide bonds. The van der Waals surface area contributed by atoms with E-state index < -0.39 is 0 Å². The molecule has 0 spiro atoms. The van der Waals surface area contributed by atoms with E-state index in [1.54, 1.807) is 4.90 Å². The molecule has 2 unspecified atom stereocenters. The number of hydrogen-bond acceptors (Lipinski definition) is 5. The number of rotatable bonds is 2. The molecule has 2 bridgehead atoms. The largest absolute Gasteiger partial charge is 0.393 e. The molecule has 2 aromatic rings. The van der Waals surface area contributed by atoms with Crippen LogP contribution in [0.3, 0.4) is 0 Å². The number of para-hydroxylation sites is 1. The highest BCUT2D eigenvalue weighted by molar-refractivity contribution is 7.22. The number of fused-ring (bicyclic) bond motifs is 3. The number of hydrogen-bond donors (Lipinski definition) is 1. The van der Waals surface area contributed by atoms with Crippen molar-refractivity contribution >= 4 is 38.5 Å². The summed E-state index contributed by atoms with van der Waals surface area (Å²) in [6.07, 6.45) is 4.34. The van der Waals surface area contributed by atoms with Gasteiger partial charge in [0.2, 0.25) is 11.8 Å². The van der Waals surface area contributed by atoms with E-state index in [0.29, 0.717) is 24.5 Å². The molecule has 1 aromatic heterocycles. The van der Waals surface area contributed by atoms with Gasteiger partial charge in [-0.1, -0.05) is 23.5 Å². The molecule has 7 heteroatoms. The zero-order valence-corrected chi connectivity index (χ0v) is 15.9. The third-order valence-electron chi connectivity index (χ3n) is 6.19. The van der Waals surface area contributed by atoms with Crippen LogP contribution in [0.1, 0.15) is 38.5 Å². The van der Waals surface area contributed by atoms with Crippen LogP contribution in [-0.2, 0) is 9.59 Å². The minimum Gasteiger partial charge on any atom is -0.393 e. The first kappa shape index (κ1) is 17.1. The summed E-state index contributed by atoms with van der Waals surface area (Å²) in [5, 5.41) is 10.8. The molecule has 3 saturated heterocycles. The molecule has 0 radical (unpaired) electrons. The zero-order valence-electron chi connectivity index (χ0n) is 15.1. The van der Waals surface area contributed by atoms with Crippen LogP contribution in [0.2, 0.25) is 0 Å². The van der Waals surface area contributed by atoms with Crippen molar-refractivity contribution in [2.45, 2.75) is 56.7 Å². The number of benzene rings is 1. The predicted octanol–water partition coefficient (Wildman–Crippen LogP) is 2.55. The van der Waals surface area contributed by atoms with Crippen molar-refractivity contribution in [3.63, 3.8) is 0 Å². The average molecular weight is 385 g/mol. The van der Waals surface area contributed by atoms with Crippen LogP contribution >= 0.6 is 11.3 Å². The molecule has 3 aliphatic rings. The fraction of sp³-hybridized carbons (Fsp3) is 0.550. The Labute approximate surface area is 161 Å². The van der Waals surface area contributed by atoms with Crippen LogP contribution in [0, 0.1) is 5.92 Å². The Morgan fingerprint density at radius 2 is 1.93 bits per heavy atom. The van der Waals surface area contributed by atoms with Gasteiger partial charge in [-0.15, -0.1) is 0 Å². The van der Waals surface area contributed by atoms with Crippen molar-refractivity contribution in [3.8, 4) is 0 Å². The van der Waals surface area contributed by atoms with Gasteiger partial charge < -0.3 is 10.0 Å². The van der Waals surface area contributed by atoms with Crippen molar-refractivity contribution in [2.24, 2.45) is 5.92 Å². The monoisotopic (exact) mass is 385 g/mol. The number of aliphatic hydroxyl groups is 1. The van der Waals surface area contributed by atoms with Gasteiger partial charge >= 0.3 is 0 Å². The average Bonchev–Trinajstić information content (AvgIpc) is 3.23. The quantitative estimate of drug-likeness (QED) is 0.862. The summed E-state index contributed by atoms with van der Waals surface area (Å²) in [6, 6.07) is 8.11. The van der Waals surface area contributed by atoms with Crippen LogP contribution < -0.4 is 4.90 Å². The number of piperidine rings is 2. The topological polar surface area (TPSA) is 73.7 Å². The summed E-state index contributed by atoms with van der Waals surface area (Å²) < 4.78 is 1.05. The minimum absolute atomic E-state index is 0.0189. The number of aliphatic hydroxyl groups excluding tert-OH is 1. The molecule has 3 aliphatic heterocycles. The fourth-order valence-corrected chi connectivity index (χ4v) is 5.95. The number of thiazole rings is 1. The van der Waals surface area contributed by atoms with Gasteiger partial charge in [0.15, 0.2) is 5.13 Å². The van der Waals surface area contributed by atoms with Gasteiger partial charge in [-0.3, -0.25) is 14.5 Å². The van der Waals surface area contributed by atoms with E-state index in [4.69, 9.17) is 0 Å². The Kier molecular flexibility index (Phi) is 4.16. The fourth-order valence-electron chi connectivity index (χ4n) is 4.96. The molecular weight excluding hydrogens is 362 g/mol. The number of aromatic nitrogens is 1. The maximum atomic E-state index is 13.3. The predicted molar refractivity (Wildman–Crippen MR) is 104 cm³/mol. The lowest BCUT2D eigenvalue weighted by Gasteiger charge is -2.48. The maximum Gasteiger partial charge on any atom is 0.229 e. The Bertz CT molecular complexity index is 850. The minimum atomic E-state index is -0.303. The van der Waals surface area contributed by atoms with Crippen molar-refractivity contribution in [2.75, 3.05) is 11.4 Å². The third-order valence-corrected chi connectivity index (χ3v) is 7.25. The molecule has 5 rings (SSSR count). The van der Waals surface area contributed by atoms with Gasteiger partial charge in [-0.05, 0) is 44.2 Å². The van der Waals surface area contributed by atoms with Crippen molar-refractivity contribution in [3.05, 3.63) is 24.3 Å². The smallest absolute Gasteiger partial charge is 0.229 e. The highest BCUT2D eigenvalue weighted by Crippen LogP contribution is 2.38. The molecule has 3 fully saturated rings. The molecule has 0 aliphatic carbocycles. The molecule has 1 N–H and O–H groups in total. The number of anilines is 1. The number of amides is 2. The summed E-state index contributed by atoms with van der Waals surface area (Å²) in [6.45, 7) is 0.413. The lowest BCUT2D eigenvalue weighted by molar-refractivity contribution is -0.148. The second-order valence-corrected chi connectivity index (χ2v) is 8.99. The summed E-state index contributed by atoms with van der Waals surface area (Å²) >= 11 is 1.50. The van der Waals surface area contributed by atoms with Gasteiger partial charge in [-0.2, -0.15) is 0 Å². The molecule has 4 atom stereocenters. The van der Waals surface area contributed by atoms with Crippen LogP contribution in [-0.4, -0.2) is 51.5 Å². The summed E-state index contributed by atoms with van der Waals surface area (Å²) in [4.78, 5) is 34.2. The molecule has 27 heavy (non-hydrogen) atoms. The molecule has 4 heterocycles. The maximum absolute atomic E-state index is 13.3. The third kappa shape index (κ3) is 2.93. The Morgan fingerprint density at radius 1 is 1.19 bits per heavy atom. The molecular formula is C20H23N3O3S. The van der Waals surface area contributed by atoms with Crippen LogP contribution in [0.4, 0.5) is 5.13 Å². The lowest BCUT2D eigenvalue weighted by Crippen LogP contribution is -2.57. The standard InChI is InChI=1S/C20H23N3O3S/c24-15-9-13-4-3-5-14(10-15)23(13)19(26)12-8-18(25)22(11-12)20-21-16-6-1-2-7-17(16)27-20/h1-2,6-7,12-15,24H,3-5,8-11H2/t12?,13-,14+,15?. The Balaban J connectivity index is 1.36. The summed E-state index contributed by atoms with van der Waals surface area (Å²) in [5.74, 6) is -0.231. The number of nitrogens with zero attached hydrogens (tertiary/aromatic N) is 3. The second kappa shape index (κ2) is 6.56. The van der Waals surface area contributed by atoms with Gasteiger partial charge in [0.25, 0.3) is 0 Å². The van der Waals surface area contributed by atoms with Gasteiger partial charge in [0, 0.05) is 25.0 Å². The van der Waals surface area contributed by atoms with Gasteiger partial charge in [0.1, 0.15) is 0 Å². The van der Waals surface area contributed by atoms with E-state index in [1.807, 2.05) is 29.2 Å². The highest BCUT2D eigenvalue weighted by Gasteiger charge is 2.45. The first-order chi connectivity index (χ1) is 13.1.